The lowest BCUT2D eigenvalue weighted by molar-refractivity contribution is -0.117. The number of anilines is 1. The van der Waals surface area contributed by atoms with E-state index in [-0.39, 0.29) is 24.1 Å². The van der Waals surface area contributed by atoms with Gasteiger partial charge in [0.1, 0.15) is 5.82 Å². The van der Waals surface area contributed by atoms with Gasteiger partial charge in [-0.25, -0.2) is 4.39 Å². The second kappa shape index (κ2) is 5.84. The smallest absolute Gasteiger partial charge is 0.258 e. The Morgan fingerprint density at radius 3 is 2.83 bits per heavy atom. The van der Waals surface area contributed by atoms with Crippen molar-refractivity contribution < 1.29 is 13.7 Å². The predicted octanol–water partition coefficient (Wildman–Crippen LogP) is 2.79. The molecule has 120 valence electrons. The van der Waals surface area contributed by atoms with Crippen molar-refractivity contribution in [3.8, 4) is 11.5 Å². The first-order valence-electron chi connectivity index (χ1n) is 7.50. The van der Waals surface area contributed by atoms with Crippen LogP contribution in [0.4, 0.5) is 10.1 Å². The van der Waals surface area contributed by atoms with Crippen LogP contribution >= 0.6 is 0 Å². The molecule has 1 aliphatic heterocycles. The zero-order valence-corrected chi connectivity index (χ0v) is 12.6. The highest BCUT2D eigenvalue weighted by atomic mass is 19.1. The van der Waals surface area contributed by atoms with Crippen LogP contribution in [-0.2, 0) is 4.79 Å². The van der Waals surface area contributed by atoms with Gasteiger partial charge in [0.15, 0.2) is 5.82 Å². The minimum absolute atomic E-state index is 0.0825. The van der Waals surface area contributed by atoms with Crippen molar-refractivity contribution in [3.63, 3.8) is 0 Å². The van der Waals surface area contributed by atoms with E-state index in [1.165, 1.54) is 12.1 Å². The summed E-state index contributed by atoms with van der Waals surface area (Å²) in [6, 6.07) is 9.54. The number of amides is 1. The number of aromatic nitrogens is 3. The van der Waals surface area contributed by atoms with E-state index in [1.807, 2.05) is 0 Å². The van der Waals surface area contributed by atoms with E-state index in [4.69, 9.17) is 4.52 Å². The minimum atomic E-state index is -0.372. The number of benzene rings is 1. The second-order valence-electron chi connectivity index (χ2n) is 5.58. The van der Waals surface area contributed by atoms with Gasteiger partial charge in [-0.3, -0.25) is 9.78 Å². The molecule has 3 heterocycles. The van der Waals surface area contributed by atoms with Crippen molar-refractivity contribution in [2.24, 2.45) is 0 Å². The summed E-state index contributed by atoms with van der Waals surface area (Å²) in [5.74, 6) is 0.238. The van der Waals surface area contributed by atoms with Crippen LogP contribution in [0.3, 0.4) is 0 Å². The van der Waals surface area contributed by atoms with Crippen LogP contribution < -0.4 is 4.90 Å². The molecule has 4 rings (SSSR count). The van der Waals surface area contributed by atoms with Gasteiger partial charge in [0, 0.05) is 42.5 Å². The number of pyridine rings is 1. The molecule has 1 aromatic carbocycles. The van der Waals surface area contributed by atoms with Crippen molar-refractivity contribution in [2.45, 2.75) is 12.3 Å². The largest absolute Gasteiger partial charge is 0.334 e. The minimum Gasteiger partial charge on any atom is -0.334 e. The molecule has 0 radical (unpaired) electrons. The van der Waals surface area contributed by atoms with Crippen molar-refractivity contribution in [3.05, 3.63) is 60.4 Å². The molecule has 2 aromatic heterocycles. The Balaban J connectivity index is 1.56. The highest BCUT2D eigenvalue weighted by Gasteiger charge is 2.34. The lowest BCUT2D eigenvalue weighted by Gasteiger charge is -2.15. The van der Waals surface area contributed by atoms with Crippen LogP contribution in [0.5, 0.6) is 0 Å². The number of nitrogens with zero attached hydrogens (tertiary/aromatic N) is 4. The van der Waals surface area contributed by atoms with E-state index in [0.29, 0.717) is 23.9 Å². The Labute approximate surface area is 136 Å². The topological polar surface area (TPSA) is 72.1 Å². The number of rotatable bonds is 3. The summed E-state index contributed by atoms with van der Waals surface area (Å²) in [5, 5.41) is 4.00. The Bertz CT molecular complexity index is 881. The molecular formula is C17H13FN4O2. The number of carbonyl (C=O) groups is 1. The predicted molar refractivity (Wildman–Crippen MR) is 83.6 cm³/mol. The van der Waals surface area contributed by atoms with Gasteiger partial charge in [0.2, 0.25) is 5.91 Å². The Kier molecular flexibility index (Phi) is 3.53. The summed E-state index contributed by atoms with van der Waals surface area (Å²) in [6.45, 7) is 0.400. The average Bonchev–Trinajstić information content (AvgIpc) is 3.22. The van der Waals surface area contributed by atoms with Crippen LogP contribution in [0.15, 0.2) is 53.3 Å². The summed E-state index contributed by atoms with van der Waals surface area (Å²) in [6.07, 6.45) is 3.56. The molecule has 0 aliphatic carbocycles. The highest BCUT2D eigenvalue weighted by molar-refractivity contribution is 5.96. The van der Waals surface area contributed by atoms with Gasteiger partial charge in [0.05, 0.1) is 0 Å². The molecule has 0 saturated carbocycles. The Hall–Kier alpha value is -3.09. The van der Waals surface area contributed by atoms with Gasteiger partial charge >= 0.3 is 0 Å². The van der Waals surface area contributed by atoms with Crippen LogP contribution in [0.1, 0.15) is 18.2 Å². The normalized spacial score (nSPS) is 17.5. The average molecular weight is 324 g/mol. The zero-order chi connectivity index (χ0) is 16.5. The number of carbonyl (C=O) groups excluding carboxylic acids is 1. The number of hydrogen-bond acceptors (Lipinski definition) is 5. The van der Waals surface area contributed by atoms with E-state index in [2.05, 4.69) is 15.1 Å². The van der Waals surface area contributed by atoms with Crippen LogP contribution in [-0.4, -0.2) is 27.6 Å². The molecule has 3 aromatic rings. The molecule has 0 bridgehead atoms. The molecule has 1 fully saturated rings. The molecule has 1 aliphatic rings. The molecule has 0 spiro atoms. The van der Waals surface area contributed by atoms with Gasteiger partial charge in [0.25, 0.3) is 5.89 Å². The standard InChI is InChI=1S/C17H13FN4O2/c18-13-2-1-3-14(9-13)22-10-12(8-15(22)23)16-20-17(24-21-16)11-4-6-19-7-5-11/h1-7,9,12H,8,10H2/t12-/m0/s1. The summed E-state index contributed by atoms with van der Waals surface area (Å²) >= 11 is 0. The fraction of sp³-hybridized carbons (Fsp3) is 0.176. The van der Waals surface area contributed by atoms with E-state index >= 15 is 0 Å². The molecule has 0 unspecified atom stereocenters. The first-order valence-corrected chi connectivity index (χ1v) is 7.50. The lowest BCUT2D eigenvalue weighted by Crippen LogP contribution is -2.24. The first kappa shape index (κ1) is 14.5. The fourth-order valence-electron chi connectivity index (χ4n) is 2.79. The summed E-state index contributed by atoms with van der Waals surface area (Å²) in [4.78, 5) is 22.1. The van der Waals surface area contributed by atoms with E-state index < -0.39 is 0 Å². The monoisotopic (exact) mass is 324 g/mol. The molecule has 1 atom stereocenters. The van der Waals surface area contributed by atoms with Gasteiger partial charge in [-0.05, 0) is 30.3 Å². The van der Waals surface area contributed by atoms with Crippen molar-refractivity contribution in [2.75, 3.05) is 11.4 Å². The van der Waals surface area contributed by atoms with Gasteiger partial charge in [-0.1, -0.05) is 11.2 Å². The maximum Gasteiger partial charge on any atom is 0.258 e. The Morgan fingerprint density at radius 2 is 2.04 bits per heavy atom. The molecule has 1 saturated heterocycles. The van der Waals surface area contributed by atoms with Crippen LogP contribution in [0, 0.1) is 5.82 Å². The van der Waals surface area contributed by atoms with Crippen LogP contribution in [0.25, 0.3) is 11.5 Å². The van der Waals surface area contributed by atoms with E-state index in [0.717, 1.165) is 5.56 Å². The molecule has 6 nitrogen and oxygen atoms in total. The molecule has 24 heavy (non-hydrogen) atoms. The van der Waals surface area contributed by atoms with Crippen LogP contribution in [0.2, 0.25) is 0 Å². The quantitative estimate of drug-likeness (QED) is 0.741. The van der Waals surface area contributed by atoms with Gasteiger partial charge in [-0.15, -0.1) is 0 Å². The van der Waals surface area contributed by atoms with E-state index in [9.17, 15) is 9.18 Å². The molecular weight excluding hydrogens is 311 g/mol. The molecule has 1 amide bonds. The maximum absolute atomic E-state index is 13.4. The summed E-state index contributed by atoms with van der Waals surface area (Å²) in [5.41, 5.74) is 1.32. The van der Waals surface area contributed by atoms with Gasteiger partial charge < -0.3 is 9.42 Å². The SMILES string of the molecule is O=C1C[C@H](c2noc(-c3ccncc3)n2)CN1c1cccc(F)c1. The van der Waals surface area contributed by atoms with Gasteiger partial charge in [-0.2, -0.15) is 4.98 Å². The third-order valence-corrected chi connectivity index (χ3v) is 3.98. The lowest BCUT2D eigenvalue weighted by atomic mass is 10.1. The van der Waals surface area contributed by atoms with Crippen molar-refractivity contribution in [1.82, 2.24) is 15.1 Å². The highest BCUT2D eigenvalue weighted by Crippen LogP contribution is 2.31. The van der Waals surface area contributed by atoms with Crippen molar-refractivity contribution in [1.29, 1.82) is 0 Å². The zero-order valence-electron chi connectivity index (χ0n) is 12.6. The first-order chi connectivity index (χ1) is 11.7. The second-order valence-corrected chi connectivity index (χ2v) is 5.58. The Morgan fingerprint density at radius 1 is 1.21 bits per heavy atom. The molecule has 0 N–H and O–H groups in total. The fourth-order valence-corrected chi connectivity index (χ4v) is 2.79. The summed E-state index contributed by atoms with van der Waals surface area (Å²) in [7, 11) is 0. The summed E-state index contributed by atoms with van der Waals surface area (Å²) < 4.78 is 18.7. The third-order valence-electron chi connectivity index (χ3n) is 3.98. The third kappa shape index (κ3) is 2.64. The van der Waals surface area contributed by atoms with Crippen molar-refractivity contribution >= 4 is 11.6 Å². The maximum atomic E-state index is 13.4. The molecule has 7 heteroatoms. The van der Waals surface area contributed by atoms with E-state index in [1.54, 1.807) is 41.6 Å². The number of hydrogen-bond donors (Lipinski definition) is 0. The number of halogens is 1.